The maximum absolute atomic E-state index is 5.93. The van der Waals surface area contributed by atoms with Gasteiger partial charge >= 0.3 is 0 Å². The average Bonchev–Trinajstić information content (AvgIpc) is 2.59. The van der Waals surface area contributed by atoms with Gasteiger partial charge in [0.2, 0.25) is 0 Å². The van der Waals surface area contributed by atoms with Gasteiger partial charge < -0.3 is 10.3 Å². The van der Waals surface area contributed by atoms with Crippen LogP contribution in [0.25, 0.3) is 0 Å². The van der Waals surface area contributed by atoms with Crippen molar-refractivity contribution in [3.63, 3.8) is 0 Å². The van der Waals surface area contributed by atoms with E-state index in [1.54, 1.807) is 0 Å². The van der Waals surface area contributed by atoms with E-state index in [0.717, 1.165) is 6.42 Å². The van der Waals surface area contributed by atoms with Crippen LogP contribution in [0.5, 0.6) is 0 Å². The second-order valence-electron chi connectivity index (χ2n) is 3.73. The number of aryl methyl sites for hydroxylation is 3. The van der Waals surface area contributed by atoms with Crippen LogP contribution in [0.4, 0.5) is 5.82 Å². The molecule has 2 N–H and O–H groups in total. The highest BCUT2D eigenvalue weighted by atomic mass is 35.5. The van der Waals surface area contributed by atoms with Crippen LogP contribution in [-0.2, 0) is 12.8 Å². The van der Waals surface area contributed by atoms with Crippen molar-refractivity contribution in [2.75, 3.05) is 5.73 Å². The van der Waals surface area contributed by atoms with Crippen molar-refractivity contribution in [2.24, 2.45) is 0 Å². The summed E-state index contributed by atoms with van der Waals surface area (Å²) in [5, 5.41) is 4.06. The molecule has 0 atom stereocenters. The molecule has 2 rings (SSSR count). The monoisotopic (exact) mass is 236 g/mol. The van der Waals surface area contributed by atoms with Gasteiger partial charge in [0, 0.05) is 6.42 Å². The molecule has 0 aliphatic rings. The number of benzene rings is 1. The van der Waals surface area contributed by atoms with E-state index in [1.165, 1.54) is 11.1 Å². The van der Waals surface area contributed by atoms with Crippen LogP contribution < -0.4 is 5.73 Å². The number of anilines is 1. The molecule has 0 unspecified atom stereocenters. The van der Waals surface area contributed by atoms with Crippen molar-refractivity contribution in [1.29, 1.82) is 0 Å². The lowest BCUT2D eigenvalue weighted by atomic mass is 10.0. The Balaban J connectivity index is 2.08. The molecular formula is C12H13ClN2O. The summed E-state index contributed by atoms with van der Waals surface area (Å²) in [7, 11) is 0. The number of aromatic nitrogens is 1. The highest BCUT2D eigenvalue weighted by Gasteiger charge is 2.11. The van der Waals surface area contributed by atoms with E-state index >= 15 is 0 Å². The van der Waals surface area contributed by atoms with Crippen molar-refractivity contribution in [2.45, 2.75) is 19.8 Å². The number of nitrogens with zero attached hydrogens (tertiary/aromatic N) is 1. The van der Waals surface area contributed by atoms with Gasteiger partial charge in [-0.2, -0.15) is 0 Å². The molecule has 0 spiro atoms. The van der Waals surface area contributed by atoms with Crippen LogP contribution in [-0.4, -0.2) is 5.16 Å². The summed E-state index contributed by atoms with van der Waals surface area (Å²) in [6.45, 7) is 2.09. The SMILES string of the molecule is Cc1ccccc1CCc1onc(N)c1Cl. The topological polar surface area (TPSA) is 52.0 Å². The number of rotatable bonds is 3. The van der Waals surface area contributed by atoms with Crippen LogP contribution >= 0.6 is 11.6 Å². The van der Waals surface area contributed by atoms with Crippen LogP contribution in [0, 0.1) is 6.92 Å². The number of nitrogens with two attached hydrogens (primary N) is 1. The van der Waals surface area contributed by atoms with E-state index in [0.29, 0.717) is 17.2 Å². The van der Waals surface area contributed by atoms with Gasteiger partial charge in [0.05, 0.1) is 0 Å². The Labute approximate surface area is 99.2 Å². The first kappa shape index (κ1) is 11.0. The molecule has 2 aromatic rings. The fourth-order valence-corrected chi connectivity index (χ4v) is 1.78. The summed E-state index contributed by atoms with van der Waals surface area (Å²) in [4.78, 5) is 0. The Hall–Kier alpha value is -1.48. The maximum Gasteiger partial charge on any atom is 0.185 e. The van der Waals surface area contributed by atoms with Gasteiger partial charge in [-0.25, -0.2) is 0 Å². The Morgan fingerprint density at radius 3 is 2.69 bits per heavy atom. The van der Waals surface area contributed by atoms with Crippen molar-refractivity contribution in [3.8, 4) is 0 Å². The summed E-state index contributed by atoms with van der Waals surface area (Å²) in [5.74, 6) is 0.920. The molecule has 1 aromatic heterocycles. The van der Waals surface area contributed by atoms with E-state index in [1.807, 2.05) is 12.1 Å². The maximum atomic E-state index is 5.93. The first-order valence-electron chi connectivity index (χ1n) is 5.12. The third-order valence-electron chi connectivity index (χ3n) is 2.61. The second-order valence-corrected chi connectivity index (χ2v) is 4.11. The number of hydrogen-bond acceptors (Lipinski definition) is 3. The molecule has 0 saturated heterocycles. The normalized spacial score (nSPS) is 10.6. The Kier molecular flexibility index (Phi) is 3.15. The Morgan fingerprint density at radius 2 is 2.06 bits per heavy atom. The van der Waals surface area contributed by atoms with Crippen LogP contribution in [0.1, 0.15) is 16.9 Å². The molecule has 0 radical (unpaired) electrons. The molecule has 3 nitrogen and oxygen atoms in total. The molecule has 1 heterocycles. The fourth-order valence-electron chi connectivity index (χ4n) is 1.62. The summed E-state index contributed by atoms with van der Waals surface area (Å²) >= 11 is 5.93. The molecule has 0 fully saturated rings. The van der Waals surface area contributed by atoms with Gasteiger partial charge in [-0.1, -0.05) is 41.0 Å². The highest BCUT2D eigenvalue weighted by molar-refractivity contribution is 6.33. The lowest BCUT2D eigenvalue weighted by molar-refractivity contribution is 0.386. The van der Waals surface area contributed by atoms with Gasteiger partial charge in [-0.3, -0.25) is 0 Å². The quantitative estimate of drug-likeness (QED) is 0.891. The Bertz CT molecular complexity index is 494. The largest absolute Gasteiger partial charge is 0.380 e. The van der Waals surface area contributed by atoms with Crippen molar-refractivity contribution in [1.82, 2.24) is 5.16 Å². The number of halogens is 1. The molecule has 0 amide bonds. The molecule has 4 heteroatoms. The van der Waals surface area contributed by atoms with Crippen molar-refractivity contribution >= 4 is 17.4 Å². The predicted molar refractivity (Wildman–Crippen MR) is 64.5 cm³/mol. The molecule has 0 aliphatic carbocycles. The van der Waals surface area contributed by atoms with E-state index in [4.69, 9.17) is 21.9 Å². The van der Waals surface area contributed by atoms with Crippen LogP contribution in [0.15, 0.2) is 28.8 Å². The molecule has 0 saturated carbocycles. The van der Waals surface area contributed by atoms with Crippen LogP contribution in [0.2, 0.25) is 5.02 Å². The van der Waals surface area contributed by atoms with Gasteiger partial charge in [-0.15, -0.1) is 0 Å². The van der Waals surface area contributed by atoms with E-state index < -0.39 is 0 Å². The van der Waals surface area contributed by atoms with E-state index in [-0.39, 0.29) is 5.82 Å². The molecule has 84 valence electrons. The van der Waals surface area contributed by atoms with Crippen LogP contribution in [0.3, 0.4) is 0 Å². The van der Waals surface area contributed by atoms with Gasteiger partial charge in [0.15, 0.2) is 11.6 Å². The third-order valence-corrected chi connectivity index (χ3v) is 3.01. The molecule has 0 bridgehead atoms. The Morgan fingerprint density at radius 1 is 1.31 bits per heavy atom. The fraction of sp³-hybridized carbons (Fsp3) is 0.250. The number of hydrogen-bond donors (Lipinski definition) is 1. The second kappa shape index (κ2) is 4.58. The first-order chi connectivity index (χ1) is 7.68. The van der Waals surface area contributed by atoms with Crippen molar-refractivity contribution in [3.05, 3.63) is 46.2 Å². The summed E-state index contributed by atoms with van der Waals surface area (Å²) in [6.07, 6.45) is 1.59. The standard InChI is InChI=1S/C12H13ClN2O/c1-8-4-2-3-5-9(8)6-7-10-11(13)12(14)15-16-10/h2-5H,6-7H2,1H3,(H2,14,15). The summed E-state index contributed by atoms with van der Waals surface area (Å²) in [6, 6.07) is 8.24. The lowest BCUT2D eigenvalue weighted by Crippen LogP contribution is -1.93. The minimum Gasteiger partial charge on any atom is -0.380 e. The zero-order chi connectivity index (χ0) is 11.5. The molecular weight excluding hydrogens is 224 g/mol. The predicted octanol–water partition coefficient (Wildman–Crippen LogP) is 3.00. The van der Waals surface area contributed by atoms with E-state index in [2.05, 4.69) is 24.2 Å². The van der Waals surface area contributed by atoms with Crippen molar-refractivity contribution < 1.29 is 4.52 Å². The molecule has 0 aliphatic heterocycles. The zero-order valence-electron chi connectivity index (χ0n) is 9.03. The molecule has 1 aromatic carbocycles. The van der Waals surface area contributed by atoms with Gasteiger partial charge in [0.25, 0.3) is 0 Å². The lowest BCUT2D eigenvalue weighted by Gasteiger charge is -2.03. The summed E-state index contributed by atoms with van der Waals surface area (Å²) in [5.41, 5.74) is 8.06. The van der Waals surface area contributed by atoms with Gasteiger partial charge in [0.1, 0.15) is 5.02 Å². The minimum absolute atomic E-state index is 0.265. The minimum atomic E-state index is 0.265. The zero-order valence-corrected chi connectivity index (χ0v) is 9.79. The smallest absolute Gasteiger partial charge is 0.185 e. The number of nitrogen functional groups attached to an aromatic ring is 1. The molecule has 16 heavy (non-hydrogen) atoms. The van der Waals surface area contributed by atoms with E-state index in [9.17, 15) is 0 Å². The van der Waals surface area contributed by atoms with Gasteiger partial charge in [-0.05, 0) is 24.5 Å². The third kappa shape index (κ3) is 2.19. The summed E-state index contributed by atoms with van der Waals surface area (Å²) < 4.78 is 5.05. The highest BCUT2D eigenvalue weighted by Crippen LogP contribution is 2.24. The average molecular weight is 237 g/mol. The first-order valence-corrected chi connectivity index (χ1v) is 5.50.